The molecule has 1 fully saturated rings. The third kappa shape index (κ3) is 3.13. The maximum absolute atomic E-state index is 14.4. The first kappa shape index (κ1) is 19.9. The first-order valence-electron chi connectivity index (χ1n) is 10.8. The van der Waals surface area contributed by atoms with Crippen LogP contribution in [0.25, 0.3) is 22.6 Å². The fourth-order valence-electron chi connectivity index (χ4n) is 4.89. The van der Waals surface area contributed by atoms with E-state index in [1.165, 1.54) is 0 Å². The number of thioether (sulfide) groups is 1. The van der Waals surface area contributed by atoms with Crippen molar-refractivity contribution in [1.82, 2.24) is 30.2 Å². The molecule has 4 atom stereocenters. The Morgan fingerprint density at radius 3 is 3.00 bits per heavy atom. The maximum atomic E-state index is 14.4. The first-order chi connectivity index (χ1) is 14.6. The third-order valence-electron chi connectivity index (χ3n) is 6.58. The predicted molar refractivity (Wildman–Crippen MR) is 117 cm³/mol. The van der Waals surface area contributed by atoms with Crippen molar-refractivity contribution in [2.24, 2.45) is 0 Å². The summed E-state index contributed by atoms with van der Waals surface area (Å²) in [5.41, 5.74) is 2.60. The summed E-state index contributed by atoms with van der Waals surface area (Å²) < 4.78 is 22.0. The lowest BCUT2D eigenvalue weighted by Crippen LogP contribution is -2.36. The molecule has 5 rings (SSSR count). The van der Waals surface area contributed by atoms with Crippen LogP contribution in [0, 0.1) is 0 Å². The number of hydrogen-bond donors (Lipinski definition) is 1. The molecule has 162 valence electrons. The van der Waals surface area contributed by atoms with E-state index in [0.717, 1.165) is 58.8 Å². The molecule has 1 saturated heterocycles. The Morgan fingerprint density at radius 1 is 1.40 bits per heavy atom. The van der Waals surface area contributed by atoms with Gasteiger partial charge in [0.1, 0.15) is 17.0 Å². The standard InChI is InChI=1S/C21H27FN6OS.H2/c1-4-12-6-5-7-13-17(27-29-18(12)13)19-25-20-14(21(26-19)30-3)10-24-28(20)11(2)16-15(22)8-9-23-16;/h10-12,15-16,23H,4-9H2,1-3H3;1H/t11?,12-,15+,16-;/m1./s1. The molecule has 0 bridgehead atoms. The number of halogens is 1. The van der Waals surface area contributed by atoms with Crippen LogP contribution in [0.1, 0.15) is 64.2 Å². The van der Waals surface area contributed by atoms with Crippen LogP contribution in [-0.4, -0.2) is 49.9 Å². The third-order valence-corrected chi connectivity index (χ3v) is 7.28. The van der Waals surface area contributed by atoms with Gasteiger partial charge in [-0.05, 0) is 51.8 Å². The van der Waals surface area contributed by atoms with Gasteiger partial charge in [0.2, 0.25) is 0 Å². The lowest BCUT2D eigenvalue weighted by molar-refractivity contribution is 0.244. The predicted octanol–water partition coefficient (Wildman–Crippen LogP) is 4.54. The van der Waals surface area contributed by atoms with Crippen LogP contribution >= 0.6 is 11.8 Å². The summed E-state index contributed by atoms with van der Waals surface area (Å²) >= 11 is 1.56. The van der Waals surface area contributed by atoms with Crippen molar-refractivity contribution in [2.75, 3.05) is 12.8 Å². The van der Waals surface area contributed by atoms with E-state index in [2.05, 4.69) is 22.5 Å². The lowest BCUT2D eigenvalue weighted by atomic mass is 9.86. The van der Waals surface area contributed by atoms with Crippen molar-refractivity contribution >= 4 is 22.8 Å². The summed E-state index contributed by atoms with van der Waals surface area (Å²) in [5.74, 6) is 1.98. The highest BCUT2D eigenvalue weighted by molar-refractivity contribution is 7.98. The summed E-state index contributed by atoms with van der Waals surface area (Å²) in [6, 6.07) is -0.428. The molecule has 7 nitrogen and oxygen atoms in total. The zero-order valence-corrected chi connectivity index (χ0v) is 18.4. The highest BCUT2D eigenvalue weighted by Gasteiger charge is 2.34. The fraction of sp³-hybridized carbons (Fsp3) is 0.619. The van der Waals surface area contributed by atoms with Crippen molar-refractivity contribution in [3.8, 4) is 11.5 Å². The van der Waals surface area contributed by atoms with Gasteiger partial charge in [-0.1, -0.05) is 12.1 Å². The molecule has 1 N–H and O–H groups in total. The molecule has 1 aliphatic heterocycles. The van der Waals surface area contributed by atoms with Crippen molar-refractivity contribution in [1.29, 1.82) is 0 Å². The van der Waals surface area contributed by atoms with Crippen molar-refractivity contribution in [2.45, 2.75) is 75.2 Å². The van der Waals surface area contributed by atoms with E-state index in [4.69, 9.17) is 14.5 Å². The molecule has 1 unspecified atom stereocenters. The Morgan fingerprint density at radius 2 is 2.27 bits per heavy atom. The molecular formula is C21H29FN6OS. The Labute approximate surface area is 180 Å². The normalized spacial score (nSPS) is 25.0. The number of nitrogens with one attached hydrogen (secondary N) is 1. The Kier molecular flexibility index (Phi) is 5.26. The first-order valence-corrected chi connectivity index (χ1v) is 12.0. The van der Waals surface area contributed by atoms with Crippen LogP contribution in [0.5, 0.6) is 0 Å². The zero-order valence-electron chi connectivity index (χ0n) is 17.6. The lowest BCUT2D eigenvalue weighted by Gasteiger charge is -2.22. The van der Waals surface area contributed by atoms with E-state index in [1.54, 1.807) is 18.0 Å². The molecule has 3 aromatic rings. The Bertz CT molecular complexity index is 1070. The van der Waals surface area contributed by atoms with E-state index < -0.39 is 6.17 Å². The maximum Gasteiger partial charge on any atom is 0.185 e. The van der Waals surface area contributed by atoms with Gasteiger partial charge >= 0.3 is 0 Å². The minimum absolute atomic E-state index is 0. The second-order valence-electron chi connectivity index (χ2n) is 8.28. The van der Waals surface area contributed by atoms with Gasteiger partial charge in [0.15, 0.2) is 17.2 Å². The summed E-state index contributed by atoms with van der Waals surface area (Å²) in [6.07, 6.45) is 7.67. The quantitative estimate of drug-likeness (QED) is 0.468. The van der Waals surface area contributed by atoms with Crippen molar-refractivity contribution < 1.29 is 10.3 Å². The topological polar surface area (TPSA) is 81.7 Å². The van der Waals surface area contributed by atoms with Gasteiger partial charge in [-0.25, -0.2) is 19.0 Å². The van der Waals surface area contributed by atoms with E-state index in [0.29, 0.717) is 24.7 Å². The van der Waals surface area contributed by atoms with Crippen LogP contribution in [0.15, 0.2) is 15.7 Å². The highest BCUT2D eigenvalue weighted by atomic mass is 32.2. The highest BCUT2D eigenvalue weighted by Crippen LogP contribution is 2.39. The molecule has 1 aliphatic carbocycles. The van der Waals surface area contributed by atoms with Crippen molar-refractivity contribution in [3.05, 3.63) is 17.5 Å². The smallest absolute Gasteiger partial charge is 0.185 e. The number of rotatable bonds is 5. The zero-order chi connectivity index (χ0) is 20.8. The molecule has 0 amide bonds. The van der Waals surface area contributed by atoms with Gasteiger partial charge in [-0.3, -0.25) is 0 Å². The molecule has 9 heteroatoms. The van der Waals surface area contributed by atoms with Crippen LogP contribution in [-0.2, 0) is 6.42 Å². The van der Waals surface area contributed by atoms with Gasteiger partial charge in [-0.2, -0.15) is 5.10 Å². The second-order valence-corrected chi connectivity index (χ2v) is 9.07. The largest absolute Gasteiger partial charge is 0.360 e. The van der Waals surface area contributed by atoms with Gasteiger partial charge < -0.3 is 9.84 Å². The molecular weight excluding hydrogens is 403 g/mol. The van der Waals surface area contributed by atoms with Crippen LogP contribution in [0.3, 0.4) is 0 Å². The average Bonchev–Trinajstić information content (AvgIpc) is 3.49. The number of aromatic nitrogens is 5. The molecule has 30 heavy (non-hydrogen) atoms. The fourth-order valence-corrected chi connectivity index (χ4v) is 5.43. The van der Waals surface area contributed by atoms with E-state index in [9.17, 15) is 4.39 Å². The molecule has 0 spiro atoms. The summed E-state index contributed by atoms with van der Waals surface area (Å²) in [5, 5.41) is 14.0. The summed E-state index contributed by atoms with van der Waals surface area (Å²) in [7, 11) is 0. The van der Waals surface area contributed by atoms with E-state index >= 15 is 0 Å². The van der Waals surface area contributed by atoms with E-state index in [-0.39, 0.29) is 13.5 Å². The monoisotopic (exact) mass is 432 g/mol. The van der Waals surface area contributed by atoms with E-state index in [1.807, 2.05) is 17.9 Å². The van der Waals surface area contributed by atoms with Gasteiger partial charge in [0.05, 0.1) is 23.7 Å². The molecule has 3 aromatic heterocycles. The van der Waals surface area contributed by atoms with Crippen LogP contribution in [0.2, 0.25) is 0 Å². The summed E-state index contributed by atoms with van der Waals surface area (Å²) in [6.45, 7) is 4.87. The summed E-state index contributed by atoms with van der Waals surface area (Å²) in [4.78, 5) is 9.66. The molecule has 2 aliphatic rings. The number of fused-ring (bicyclic) bond motifs is 2. The number of alkyl halides is 1. The minimum atomic E-state index is -0.880. The van der Waals surface area contributed by atoms with Gasteiger partial charge in [0.25, 0.3) is 0 Å². The number of hydrogen-bond acceptors (Lipinski definition) is 7. The Balaban J connectivity index is 0.00000231. The van der Waals surface area contributed by atoms with Crippen LogP contribution < -0.4 is 5.32 Å². The molecule has 0 radical (unpaired) electrons. The van der Waals surface area contributed by atoms with Gasteiger partial charge in [0, 0.05) is 12.9 Å². The average molecular weight is 433 g/mol. The Hall–Kier alpha value is -2.00. The van der Waals surface area contributed by atoms with Gasteiger partial charge in [-0.15, -0.1) is 11.8 Å². The SMILES string of the molecule is CC[C@@H]1CCCc2c(-c3nc(SC)c4cnn(C(C)[C@H]5NCC[C@@H]5F)c4n3)noc21.[HH]. The minimum Gasteiger partial charge on any atom is -0.360 e. The van der Waals surface area contributed by atoms with Crippen LogP contribution in [0.4, 0.5) is 4.39 Å². The number of nitrogens with zero attached hydrogens (tertiary/aromatic N) is 5. The second kappa shape index (κ2) is 7.92. The molecule has 0 saturated carbocycles. The molecule has 4 heterocycles. The molecule has 0 aromatic carbocycles. The van der Waals surface area contributed by atoms with Crippen molar-refractivity contribution in [3.63, 3.8) is 0 Å².